The van der Waals surface area contributed by atoms with Crippen LogP contribution < -0.4 is 0 Å². The second-order valence-corrected chi connectivity index (χ2v) is 5.28. The van der Waals surface area contributed by atoms with E-state index in [9.17, 15) is 0 Å². The first-order chi connectivity index (χ1) is 5.94. The first kappa shape index (κ1) is 10.8. The topological polar surface area (TPSA) is 0 Å². The van der Waals surface area contributed by atoms with Gasteiger partial charge in [-0.2, -0.15) is 0 Å². The fourth-order valence-corrected chi connectivity index (χ4v) is 2.36. The van der Waals surface area contributed by atoms with E-state index in [1.165, 1.54) is 24.8 Å². The molecule has 0 nitrogen and oxygen atoms in total. The molecule has 0 spiro atoms. The van der Waals surface area contributed by atoms with Gasteiger partial charge in [0.25, 0.3) is 0 Å². The zero-order valence-electron chi connectivity index (χ0n) is 9.56. The van der Waals surface area contributed by atoms with Crippen LogP contribution in [0.5, 0.6) is 0 Å². The summed E-state index contributed by atoms with van der Waals surface area (Å²) < 4.78 is 0. The highest BCUT2D eigenvalue weighted by Gasteiger charge is 2.39. The molecular weight excluding hydrogens is 156 g/mol. The maximum absolute atomic E-state index is 3.93. The average molecular weight is 179 g/mol. The molecule has 0 heterocycles. The molecule has 75 valence electrons. The maximum Gasteiger partial charge on any atom is -0.0286 e. The number of hydrogen-bond donors (Lipinski definition) is 0. The maximum atomic E-state index is 3.93. The van der Waals surface area contributed by atoms with Crippen LogP contribution in [0, 0.1) is 24.2 Å². The summed E-state index contributed by atoms with van der Waals surface area (Å²) >= 11 is 0. The zero-order valence-corrected chi connectivity index (χ0v) is 9.56. The van der Waals surface area contributed by atoms with Crippen LogP contribution in [0.15, 0.2) is 11.6 Å². The molecule has 0 heteroatoms. The van der Waals surface area contributed by atoms with Gasteiger partial charge >= 0.3 is 0 Å². The first-order valence-electron chi connectivity index (χ1n) is 5.43. The minimum Gasteiger partial charge on any atom is -0.0853 e. The molecule has 0 aliphatic heterocycles. The fraction of sp³-hybridized carbons (Fsp3) is 0.769. The van der Waals surface area contributed by atoms with Crippen LogP contribution in [0.4, 0.5) is 0 Å². The highest BCUT2D eigenvalue weighted by molar-refractivity contribution is 5.03. The standard InChI is InChI=1S/C13H23/c1-10(2)6-8-12-9-7-11(3)13(12,4)5/h6,11-12H,1,7-9H2,2-5H3. The number of rotatable bonds is 2. The van der Waals surface area contributed by atoms with Gasteiger partial charge in [-0.1, -0.05) is 32.4 Å². The van der Waals surface area contributed by atoms with Gasteiger partial charge in [0.1, 0.15) is 0 Å². The van der Waals surface area contributed by atoms with Crippen molar-refractivity contribution in [1.29, 1.82) is 0 Å². The average Bonchev–Trinajstić information content (AvgIpc) is 2.25. The summed E-state index contributed by atoms with van der Waals surface area (Å²) in [5.41, 5.74) is 1.75. The van der Waals surface area contributed by atoms with E-state index in [0.717, 1.165) is 11.8 Å². The fourth-order valence-electron chi connectivity index (χ4n) is 2.36. The van der Waals surface area contributed by atoms with Crippen molar-refractivity contribution in [2.75, 3.05) is 0 Å². The largest absolute Gasteiger partial charge is 0.0853 e. The van der Waals surface area contributed by atoms with Crippen LogP contribution in [0.2, 0.25) is 0 Å². The minimum atomic E-state index is 0.534. The van der Waals surface area contributed by atoms with Crippen molar-refractivity contribution in [2.45, 2.75) is 47.0 Å². The molecule has 1 aliphatic rings. The van der Waals surface area contributed by atoms with E-state index in [4.69, 9.17) is 0 Å². The van der Waals surface area contributed by atoms with E-state index in [0.29, 0.717) is 5.41 Å². The van der Waals surface area contributed by atoms with Gasteiger partial charge in [-0.25, -0.2) is 0 Å². The van der Waals surface area contributed by atoms with E-state index in [-0.39, 0.29) is 0 Å². The lowest BCUT2D eigenvalue weighted by Gasteiger charge is -2.30. The highest BCUT2D eigenvalue weighted by atomic mass is 14.4. The molecule has 0 aromatic heterocycles. The molecule has 1 radical (unpaired) electrons. The monoisotopic (exact) mass is 179 g/mol. The van der Waals surface area contributed by atoms with Crippen molar-refractivity contribution in [3.8, 4) is 0 Å². The lowest BCUT2D eigenvalue weighted by molar-refractivity contribution is 0.199. The summed E-state index contributed by atoms with van der Waals surface area (Å²) in [6, 6.07) is 0. The van der Waals surface area contributed by atoms with E-state index >= 15 is 0 Å². The summed E-state index contributed by atoms with van der Waals surface area (Å²) in [5.74, 6) is 1.76. The number of allylic oxidation sites excluding steroid dienone is 2. The quantitative estimate of drug-likeness (QED) is 0.595. The molecule has 0 bridgehead atoms. The minimum absolute atomic E-state index is 0.534. The Morgan fingerprint density at radius 3 is 2.46 bits per heavy atom. The van der Waals surface area contributed by atoms with Gasteiger partial charge in [-0.3, -0.25) is 0 Å². The van der Waals surface area contributed by atoms with Crippen LogP contribution >= 0.6 is 0 Å². The Hall–Kier alpha value is -0.260. The zero-order chi connectivity index (χ0) is 10.1. The van der Waals surface area contributed by atoms with Gasteiger partial charge < -0.3 is 0 Å². The van der Waals surface area contributed by atoms with Crippen LogP contribution in [0.25, 0.3) is 0 Å². The van der Waals surface area contributed by atoms with E-state index in [2.05, 4.69) is 40.7 Å². The van der Waals surface area contributed by atoms with Gasteiger partial charge in [-0.15, -0.1) is 0 Å². The summed E-state index contributed by atoms with van der Waals surface area (Å²) in [6.45, 7) is 13.2. The Bertz CT molecular complexity index is 194. The Labute approximate surface area is 83.4 Å². The molecule has 1 aliphatic carbocycles. The summed E-state index contributed by atoms with van der Waals surface area (Å²) in [6.07, 6.45) is 6.33. The lowest BCUT2D eigenvalue weighted by atomic mass is 9.75. The lowest BCUT2D eigenvalue weighted by Crippen LogP contribution is -2.22. The third-order valence-electron chi connectivity index (χ3n) is 4.02. The van der Waals surface area contributed by atoms with Crippen molar-refractivity contribution in [1.82, 2.24) is 0 Å². The number of hydrogen-bond acceptors (Lipinski definition) is 0. The van der Waals surface area contributed by atoms with Crippen LogP contribution in [0.1, 0.15) is 47.0 Å². The molecule has 1 fully saturated rings. The SMILES string of the molecule is [CH2]C(C)=CCC1CCC(C)C1(C)C. The predicted molar refractivity (Wildman–Crippen MR) is 59.4 cm³/mol. The molecule has 0 N–H and O–H groups in total. The molecule has 2 unspecified atom stereocenters. The van der Waals surface area contributed by atoms with Crippen molar-refractivity contribution < 1.29 is 0 Å². The van der Waals surface area contributed by atoms with Crippen molar-refractivity contribution in [3.05, 3.63) is 18.6 Å². The van der Waals surface area contributed by atoms with Gasteiger partial charge in [-0.05, 0) is 50.4 Å². The first-order valence-corrected chi connectivity index (χ1v) is 5.43. The summed E-state index contributed by atoms with van der Waals surface area (Å²) in [7, 11) is 0. The second-order valence-electron chi connectivity index (χ2n) is 5.28. The molecule has 2 atom stereocenters. The molecule has 0 aromatic carbocycles. The molecule has 0 aromatic rings. The molecule has 1 rings (SSSR count). The Kier molecular flexibility index (Phi) is 3.21. The van der Waals surface area contributed by atoms with E-state index in [1.54, 1.807) is 0 Å². The third kappa shape index (κ3) is 2.36. The van der Waals surface area contributed by atoms with Crippen molar-refractivity contribution >= 4 is 0 Å². The van der Waals surface area contributed by atoms with Crippen LogP contribution in [-0.2, 0) is 0 Å². The molecule has 13 heavy (non-hydrogen) atoms. The van der Waals surface area contributed by atoms with Gasteiger partial charge in [0.2, 0.25) is 0 Å². The highest BCUT2D eigenvalue weighted by Crippen LogP contribution is 2.48. The summed E-state index contributed by atoms with van der Waals surface area (Å²) in [5, 5.41) is 0. The molecular formula is C13H23. The van der Waals surface area contributed by atoms with Crippen LogP contribution in [-0.4, -0.2) is 0 Å². The molecule has 0 amide bonds. The van der Waals surface area contributed by atoms with Gasteiger partial charge in [0.15, 0.2) is 0 Å². The smallest absolute Gasteiger partial charge is 0.0286 e. The van der Waals surface area contributed by atoms with Crippen molar-refractivity contribution in [3.63, 3.8) is 0 Å². The van der Waals surface area contributed by atoms with Crippen molar-refractivity contribution in [2.24, 2.45) is 17.3 Å². The van der Waals surface area contributed by atoms with E-state index < -0.39 is 0 Å². The normalized spacial score (nSPS) is 33.8. The Balaban J connectivity index is 2.57. The summed E-state index contributed by atoms with van der Waals surface area (Å²) in [4.78, 5) is 0. The second kappa shape index (κ2) is 3.86. The Morgan fingerprint density at radius 2 is 2.08 bits per heavy atom. The molecule has 0 saturated heterocycles. The molecule has 1 saturated carbocycles. The third-order valence-corrected chi connectivity index (χ3v) is 4.02. The Morgan fingerprint density at radius 1 is 1.46 bits per heavy atom. The van der Waals surface area contributed by atoms with Gasteiger partial charge in [0.05, 0.1) is 0 Å². The van der Waals surface area contributed by atoms with E-state index in [1.807, 2.05) is 0 Å². The predicted octanol–water partition coefficient (Wildman–Crippen LogP) is 4.23. The van der Waals surface area contributed by atoms with Crippen LogP contribution in [0.3, 0.4) is 0 Å². The van der Waals surface area contributed by atoms with Gasteiger partial charge in [0, 0.05) is 0 Å².